The highest BCUT2D eigenvalue weighted by Gasteiger charge is 2.18. The fraction of sp³-hybridized carbons (Fsp3) is 0.381. The molecule has 0 amide bonds. The van der Waals surface area contributed by atoms with Gasteiger partial charge in [-0.3, -0.25) is 5.10 Å². The average molecular weight is 376 g/mol. The lowest BCUT2D eigenvalue weighted by Crippen LogP contribution is -2.33. The van der Waals surface area contributed by atoms with Crippen LogP contribution in [0, 0.1) is 5.92 Å². The van der Waals surface area contributed by atoms with E-state index in [1.165, 1.54) is 12.8 Å². The predicted octanol–water partition coefficient (Wildman–Crippen LogP) is 3.91. The van der Waals surface area contributed by atoms with E-state index in [0.717, 1.165) is 58.3 Å². The van der Waals surface area contributed by atoms with E-state index in [1.54, 1.807) is 0 Å². The molecule has 1 aliphatic heterocycles. The second-order valence-electron chi connectivity index (χ2n) is 7.52. The molecule has 4 aromatic heterocycles. The second kappa shape index (κ2) is 6.82. The monoisotopic (exact) mass is 376 g/mol. The van der Waals surface area contributed by atoms with Gasteiger partial charge in [-0.15, -0.1) is 5.10 Å². The highest BCUT2D eigenvalue weighted by atomic mass is 16.5. The van der Waals surface area contributed by atoms with Crippen molar-refractivity contribution < 1.29 is 4.74 Å². The van der Waals surface area contributed by atoms with Crippen molar-refractivity contribution in [3.8, 4) is 16.9 Å². The molecule has 0 bridgehead atoms. The Bertz CT molecular complexity index is 1110. The number of anilines is 1. The van der Waals surface area contributed by atoms with Gasteiger partial charge >= 0.3 is 0 Å². The molecule has 5 rings (SSSR count). The van der Waals surface area contributed by atoms with Crippen molar-refractivity contribution >= 4 is 22.4 Å². The predicted molar refractivity (Wildman–Crippen MR) is 110 cm³/mol. The lowest BCUT2D eigenvalue weighted by Gasteiger charge is -2.31. The summed E-state index contributed by atoms with van der Waals surface area (Å²) in [6.07, 6.45) is 8.14. The van der Waals surface area contributed by atoms with Crippen molar-refractivity contribution in [2.24, 2.45) is 5.92 Å². The molecule has 1 aliphatic rings. The second-order valence-corrected chi connectivity index (χ2v) is 7.52. The third-order valence-electron chi connectivity index (χ3n) is 5.58. The Hall–Kier alpha value is -3.09. The number of nitrogens with zero attached hydrogens (tertiary/aromatic N) is 5. The van der Waals surface area contributed by atoms with Gasteiger partial charge in [0.25, 0.3) is 0 Å². The normalized spacial score (nSPS) is 15.6. The van der Waals surface area contributed by atoms with Crippen molar-refractivity contribution in [1.29, 1.82) is 0 Å². The van der Waals surface area contributed by atoms with Crippen LogP contribution in [0.4, 0.5) is 5.82 Å². The van der Waals surface area contributed by atoms with Gasteiger partial charge in [0.15, 0.2) is 5.65 Å². The number of hydrogen-bond acceptors (Lipinski definition) is 5. The summed E-state index contributed by atoms with van der Waals surface area (Å²) in [4.78, 5) is 7.15. The zero-order valence-electron chi connectivity index (χ0n) is 16.2. The third kappa shape index (κ3) is 2.87. The molecule has 0 spiro atoms. The fourth-order valence-electron chi connectivity index (χ4n) is 3.98. The van der Waals surface area contributed by atoms with Crippen LogP contribution in [0.5, 0.6) is 5.75 Å². The van der Waals surface area contributed by atoms with Crippen molar-refractivity contribution in [3.63, 3.8) is 0 Å². The molecule has 0 saturated carbocycles. The first kappa shape index (κ1) is 17.0. The van der Waals surface area contributed by atoms with Crippen molar-refractivity contribution in [2.75, 3.05) is 24.6 Å². The number of ether oxygens (including phenoxy) is 1. The summed E-state index contributed by atoms with van der Waals surface area (Å²) < 4.78 is 7.63. The number of piperidine rings is 1. The van der Waals surface area contributed by atoms with Gasteiger partial charge < -0.3 is 9.64 Å². The Kier molecular flexibility index (Phi) is 4.15. The first-order chi connectivity index (χ1) is 13.7. The molecule has 0 atom stereocenters. The van der Waals surface area contributed by atoms with Crippen LogP contribution in [0.1, 0.15) is 26.7 Å². The highest BCUT2D eigenvalue weighted by Crippen LogP contribution is 2.33. The number of aromatic amines is 1. The van der Waals surface area contributed by atoms with E-state index in [9.17, 15) is 0 Å². The first-order valence-electron chi connectivity index (χ1n) is 9.92. The van der Waals surface area contributed by atoms with E-state index in [4.69, 9.17) is 9.72 Å². The fourth-order valence-corrected chi connectivity index (χ4v) is 3.98. The number of fused-ring (bicyclic) bond motifs is 3. The summed E-state index contributed by atoms with van der Waals surface area (Å²) in [6.45, 7) is 7.07. The zero-order valence-corrected chi connectivity index (χ0v) is 16.2. The lowest BCUT2D eigenvalue weighted by molar-refractivity contribution is 0.338. The maximum absolute atomic E-state index is 5.76. The van der Waals surface area contributed by atoms with Gasteiger partial charge in [0.05, 0.1) is 29.9 Å². The summed E-state index contributed by atoms with van der Waals surface area (Å²) in [7, 11) is 0. The van der Waals surface area contributed by atoms with E-state index < -0.39 is 0 Å². The standard InChI is InChI=1S/C21H24N6O/c1-3-28-16-10-17(20-18-12-23-24-21(18)25-27(20)13-16)15-4-5-19(22-11-15)26-8-6-14(2)7-9-26/h4-5,10-14H,3,6-9H2,1-2H3,(H,24,25). The van der Waals surface area contributed by atoms with E-state index >= 15 is 0 Å². The molecule has 0 unspecified atom stereocenters. The van der Waals surface area contributed by atoms with Crippen molar-refractivity contribution in [1.82, 2.24) is 24.8 Å². The summed E-state index contributed by atoms with van der Waals surface area (Å²) in [6, 6.07) is 6.33. The molecule has 7 nitrogen and oxygen atoms in total. The smallest absolute Gasteiger partial charge is 0.178 e. The Labute approximate surface area is 163 Å². The maximum atomic E-state index is 5.76. The molecule has 0 aromatic carbocycles. The maximum Gasteiger partial charge on any atom is 0.178 e. The van der Waals surface area contributed by atoms with Crippen molar-refractivity contribution in [3.05, 3.63) is 36.8 Å². The molecule has 7 heteroatoms. The molecule has 1 N–H and O–H groups in total. The minimum Gasteiger partial charge on any atom is -0.492 e. The van der Waals surface area contributed by atoms with Gasteiger partial charge in [0, 0.05) is 30.4 Å². The molecule has 0 radical (unpaired) electrons. The summed E-state index contributed by atoms with van der Waals surface area (Å²) in [5.74, 6) is 2.65. The number of nitrogens with one attached hydrogen (secondary N) is 1. The van der Waals surface area contributed by atoms with E-state index in [1.807, 2.05) is 30.0 Å². The Morgan fingerprint density at radius 2 is 2.07 bits per heavy atom. The van der Waals surface area contributed by atoms with Crippen LogP contribution in [0.15, 0.2) is 36.8 Å². The number of pyridine rings is 2. The molecular formula is C21H24N6O. The van der Waals surface area contributed by atoms with Crippen LogP contribution in [-0.4, -0.2) is 44.5 Å². The summed E-state index contributed by atoms with van der Waals surface area (Å²) >= 11 is 0. The molecule has 1 fully saturated rings. The number of hydrogen-bond donors (Lipinski definition) is 1. The van der Waals surface area contributed by atoms with Crippen LogP contribution in [0.2, 0.25) is 0 Å². The van der Waals surface area contributed by atoms with Gasteiger partial charge in [0.1, 0.15) is 11.6 Å². The molecule has 144 valence electrons. The molecule has 0 aliphatic carbocycles. The average Bonchev–Trinajstić information content (AvgIpc) is 3.29. The van der Waals surface area contributed by atoms with E-state index in [-0.39, 0.29) is 0 Å². The Morgan fingerprint density at radius 1 is 1.21 bits per heavy atom. The molecule has 28 heavy (non-hydrogen) atoms. The van der Waals surface area contributed by atoms with Gasteiger partial charge in [0.2, 0.25) is 0 Å². The molecule has 1 saturated heterocycles. The van der Waals surface area contributed by atoms with Crippen LogP contribution in [0.25, 0.3) is 27.7 Å². The van der Waals surface area contributed by atoms with Gasteiger partial charge in [-0.25, -0.2) is 9.50 Å². The third-order valence-corrected chi connectivity index (χ3v) is 5.58. The van der Waals surface area contributed by atoms with Gasteiger partial charge in [-0.1, -0.05) is 6.92 Å². The van der Waals surface area contributed by atoms with Crippen LogP contribution >= 0.6 is 0 Å². The van der Waals surface area contributed by atoms with Crippen LogP contribution < -0.4 is 9.64 Å². The molecule has 5 heterocycles. The van der Waals surface area contributed by atoms with Gasteiger partial charge in [-0.2, -0.15) is 5.10 Å². The topological polar surface area (TPSA) is 71.3 Å². The minimum atomic E-state index is 0.607. The zero-order chi connectivity index (χ0) is 19.1. The number of H-pyrrole nitrogens is 1. The van der Waals surface area contributed by atoms with Crippen molar-refractivity contribution in [2.45, 2.75) is 26.7 Å². The molecular weight excluding hydrogens is 352 g/mol. The lowest BCUT2D eigenvalue weighted by atomic mass is 9.99. The number of rotatable bonds is 4. The van der Waals surface area contributed by atoms with Gasteiger partial charge in [-0.05, 0) is 43.9 Å². The summed E-state index contributed by atoms with van der Waals surface area (Å²) in [5, 5.41) is 12.7. The summed E-state index contributed by atoms with van der Waals surface area (Å²) in [5.41, 5.74) is 3.86. The Balaban J connectivity index is 1.57. The quantitative estimate of drug-likeness (QED) is 0.585. The van der Waals surface area contributed by atoms with E-state index in [2.05, 4.69) is 45.3 Å². The van der Waals surface area contributed by atoms with Crippen LogP contribution in [-0.2, 0) is 0 Å². The largest absolute Gasteiger partial charge is 0.492 e. The number of aromatic nitrogens is 5. The Morgan fingerprint density at radius 3 is 2.82 bits per heavy atom. The van der Waals surface area contributed by atoms with E-state index in [0.29, 0.717) is 6.61 Å². The minimum absolute atomic E-state index is 0.607. The van der Waals surface area contributed by atoms with Crippen LogP contribution in [0.3, 0.4) is 0 Å². The molecule has 4 aromatic rings. The SMILES string of the molecule is CCOc1cc(-c2ccc(N3CCC(C)CC3)nc2)c2c3cn[nH]c3nn2c1. The highest BCUT2D eigenvalue weighted by molar-refractivity contribution is 6.00. The first-order valence-corrected chi connectivity index (χ1v) is 9.92.